The van der Waals surface area contributed by atoms with Gasteiger partial charge < -0.3 is 10.2 Å². The predicted octanol–water partition coefficient (Wildman–Crippen LogP) is 2.57. The van der Waals surface area contributed by atoms with Crippen molar-refractivity contribution in [2.24, 2.45) is 5.92 Å². The van der Waals surface area contributed by atoms with Gasteiger partial charge in [-0.3, -0.25) is 0 Å². The predicted molar refractivity (Wildman–Crippen MR) is 74.7 cm³/mol. The summed E-state index contributed by atoms with van der Waals surface area (Å²) in [5.74, 6) is 2.13. The maximum atomic E-state index is 4.82. The fourth-order valence-electron chi connectivity index (χ4n) is 2.37. The van der Waals surface area contributed by atoms with Gasteiger partial charge in [-0.25, -0.2) is 4.98 Å². The molecule has 3 rings (SSSR count). The van der Waals surface area contributed by atoms with Crippen molar-refractivity contribution in [3.63, 3.8) is 0 Å². The van der Waals surface area contributed by atoms with E-state index in [-0.39, 0.29) is 0 Å². The van der Waals surface area contributed by atoms with E-state index in [2.05, 4.69) is 35.3 Å². The molecule has 0 spiro atoms. The van der Waals surface area contributed by atoms with Gasteiger partial charge in [-0.2, -0.15) is 0 Å². The summed E-state index contributed by atoms with van der Waals surface area (Å²) >= 11 is 0. The van der Waals surface area contributed by atoms with Crippen LogP contribution in [0.4, 0.5) is 5.82 Å². The number of hydrogen-bond acceptors (Lipinski definition) is 3. The summed E-state index contributed by atoms with van der Waals surface area (Å²) in [5, 5.41) is 3.35. The smallest absolute Gasteiger partial charge is 0.129 e. The number of nitrogens with zero attached hydrogens (tertiary/aromatic N) is 2. The number of hydrogen-bond donors (Lipinski definition) is 1. The molecule has 0 radical (unpaired) electrons. The molecule has 1 aromatic rings. The van der Waals surface area contributed by atoms with Gasteiger partial charge in [0.2, 0.25) is 0 Å². The van der Waals surface area contributed by atoms with E-state index in [0.29, 0.717) is 0 Å². The molecule has 1 N–H and O–H groups in total. The summed E-state index contributed by atoms with van der Waals surface area (Å²) in [6.45, 7) is 5.24. The normalized spacial score (nSPS) is 18.9. The summed E-state index contributed by atoms with van der Waals surface area (Å²) in [7, 11) is 0. The molecule has 0 amide bonds. The maximum Gasteiger partial charge on any atom is 0.129 e. The summed E-state index contributed by atoms with van der Waals surface area (Å²) in [6.07, 6.45) is 5.54. The van der Waals surface area contributed by atoms with Crippen LogP contribution in [0.2, 0.25) is 0 Å². The zero-order valence-corrected chi connectivity index (χ0v) is 11.2. The fourth-order valence-corrected chi connectivity index (χ4v) is 2.37. The lowest BCUT2D eigenvalue weighted by Gasteiger charge is -2.24. The van der Waals surface area contributed by atoms with Gasteiger partial charge in [0, 0.05) is 19.1 Å². The van der Waals surface area contributed by atoms with E-state index < -0.39 is 0 Å². The third-order valence-corrected chi connectivity index (χ3v) is 3.78. The van der Waals surface area contributed by atoms with Crippen LogP contribution in [0.3, 0.4) is 0 Å². The van der Waals surface area contributed by atoms with E-state index in [1.807, 2.05) is 0 Å². The van der Waals surface area contributed by atoms with E-state index in [9.17, 15) is 0 Å². The number of anilines is 1. The first-order chi connectivity index (χ1) is 8.86. The number of nitrogens with one attached hydrogen (secondary N) is 1. The molecular formula is C15H23N3. The molecule has 0 bridgehead atoms. The summed E-state index contributed by atoms with van der Waals surface area (Å²) in [6, 6.07) is 7.22. The standard InChI is InChI=1S/C15H23N3/c1-2-16-10-13-4-3-5-15(17-13)18(14-8-9-14)11-12-6-7-12/h3-5,12,14,16H,2,6-11H2,1H3. The molecule has 18 heavy (non-hydrogen) atoms. The molecule has 0 atom stereocenters. The zero-order valence-electron chi connectivity index (χ0n) is 11.2. The highest BCUT2D eigenvalue weighted by molar-refractivity contribution is 5.42. The van der Waals surface area contributed by atoms with Crippen LogP contribution in [-0.4, -0.2) is 24.1 Å². The Balaban J connectivity index is 1.71. The molecule has 0 aromatic carbocycles. The van der Waals surface area contributed by atoms with Crippen molar-refractivity contribution in [2.75, 3.05) is 18.0 Å². The molecule has 98 valence electrons. The van der Waals surface area contributed by atoms with Crippen LogP contribution in [0, 0.1) is 5.92 Å². The Morgan fingerprint density at radius 1 is 1.28 bits per heavy atom. The summed E-state index contributed by atoms with van der Waals surface area (Å²) in [4.78, 5) is 7.36. The second-order valence-corrected chi connectivity index (χ2v) is 5.59. The van der Waals surface area contributed by atoms with Gasteiger partial charge >= 0.3 is 0 Å². The second-order valence-electron chi connectivity index (χ2n) is 5.59. The molecule has 1 heterocycles. The van der Waals surface area contributed by atoms with E-state index in [1.54, 1.807) is 0 Å². The largest absolute Gasteiger partial charge is 0.353 e. The molecule has 2 saturated carbocycles. The van der Waals surface area contributed by atoms with Crippen molar-refractivity contribution in [1.29, 1.82) is 0 Å². The maximum absolute atomic E-state index is 4.82. The van der Waals surface area contributed by atoms with Crippen molar-refractivity contribution < 1.29 is 0 Å². The Bertz CT molecular complexity index is 396. The van der Waals surface area contributed by atoms with Crippen LogP contribution in [-0.2, 0) is 6.54 Å². The second kappa shape index (κ2) is 5.27. The summed E-state index contributed by atoms with van der Waals surface area (Å²) < 4.78 is 0. The first-order valence-corrected chi connectivity index (χ1v) is 7.30. The minimum absolute atomic E-state index is 0.771. The molecule has 3 nitrogen and oxygen atoms in total. The van der Waals surface area contributed by atoms with Crippen LogP contribution in [0.15, 0.2) is 18.2 Å². The van der Waals surface area contributed by atoms with Crippen molar-refractivity contribution in [3.05, 3.63) is 23.9 Å². The Hall–Kier alpha value is -1.09. The van der Waals surface area contributed by atoms with Crippen LogP contribution >= 0.6 is 0 Å². The molecule has 0 saturated heterocycles. The van der Waals surface area contributed by atoms with Crippen LogP contribution < -0.4 is 10.2 Å². The van der Waals surface area contributed by atoms with E-state index in [0.717, 1.165) is 30.7 Å². The molecule has 0 unspecified atom stereocenters. The third-order valence-electron chi connectivity index (χ3n) is 3.78. The number of pyridine rings is 1. The van der Waals surface area contributed by atoms with Gasteiger partial charge in [0.15, 0.2) is 0 Å². The lowest BCUT2D eigenvalue weighted by molar-refractivity contribution is 0.688. The first kappa shape index (κ1) is 12.0. The topological polar surface area (TPSA) is 28.2 Å². The highest BCUT2D eigenvalue weighted by atomic mass is 15.2. The van der Waals surface area contributed by atoms with Crippen LogP contribution in [0.5, 0.6) is 0 Å². The Kier molecular flexibility index (Phi) is 3.50. The molecular weight excluding hydrogens is 222 g/mol. The van der Waals surface area contributed by atoms with Gasteiger partial charge in [-0.05, 0) is 50.3 Å². The van der Waals surface area contributed by atoms with Crippen LogP contribution in [0.1, 0.15) is 38.3 Å². The van der Waals surface area contributed by atoms with Gasteiger partial charge in [0.05, 0.1) is 5.69 Å². The molecule has 1 aromatic heterocycles. The van der Waals surface area contributed by atoms with Crippen molar-refractivity contribution >= 4 is 5.82 Å². The molecule has 2 fully saturated rings. The minimum atomic E-state index is 0.771. The molecule has 0 aliphatic heterocycles. The van der Waals surface area contributed by atoms with Crippen molar-refractivity contribution in [1.82, 2.24) is 10.3 Å². The van der Waals surface area contributed by atoms with Crippen LogP contribution in [0.25, 0.3) is 0 Å². The fraction of sp³-hybridized carbons (Fsp3) is 0.667. The zero-order chi connectivity index (χ0) is 12.4. The van der Waals surface area contributed by atoms with Crippen molar-refractivity contribution in [3.8, 4) is 0 Å². The van der Waals surface area contributed by atoms with E-state index in [4.69, 9.17) is 4.98 Å². The SMILES string of the molecule is CCNCc1cccc(N(CC2CC2)C2CC2)n1. The van der Waals surface area contributed by atoms with Gasteiger partial charge in [-0.15, -0.1) is 0 Å². The van der Waals surface area contributed by atoms with Gasteiger partial charge in [-0.1, -0.05) is 13.0 Å². The summed E-state index contributed by atoms with van der Waals surface area (Å²) in [5.41, 5.74) is 1.16. The number of aromatic nitrogens is 1. The Morgan fingerprint density at radius 3 is 2.78 bits per heavy atom. The van der Waals surface area contributed by atoms with Gasteiger partial charge in [0.1, 0.15) is 5.82 Å². The highest BCUT2D eigenvalue weighted by Crippen LogP contribution is 2.36. The average molecular weight is 245 g/mol. The Morgan fingerprint density at radius 2 is 2.11 bits per heavy atom. The first-order valence-electron chi connectivity index (χ1n) is 7.30. The molecule has 3 heteroatoms. The third kappa shape index (κ3) is 3.02. The van der Waals surface area contributed by atoms with E-state index in [1.165, 1.54) is 38.0 Å². The molecule has 2 aliphatic rings. The average Bonchev–Trinajstić information content (AvgIpc) is 3.27. The minimum Gasteiger partial charge on any atom is -0.353 e. The Labute approximate surface area is 110 Å². The monoisotopic (exact) mass is 245 g/mol. The van der Waals surface area contributed by atoms with E-state index >= 15 is 0 Å². The van der Waals surface area contributed by atoms with Gasteiger partial charge in [0.25, 0.3) is 0 Å². The quantitative estimate of drug-likeness (QED) is 0.800. The number of rotatable bonds is 7. The molecule has 2 aliphatic carbocycles. The lowest BCUT2D eigenvalue weighted by atomic mass is 10.3. The lowest BCUT2D eigenvalue weighted by Crippen LogP contribution is -2.29. The highest BCUT2D eigenvalue weighted by Gasteiger charge is 2.34. The van der Waals surface area contributed by atoms with Crippen molar-refractivity contribution in [2.45, 2.75) is 45.2 Å².